The number of carbonyl (C=O) groups excluding carboxylic acids is 2. The highest BCUT2D eigenvalue weighted by Gasteiger charge is 2.23. The predicted octanol–water partition coefficient (Wildman–Crippen LogP) is 2.58. The van der Waals surface area contributed by atoms with E-state index < -0.39 is 5.97 Å². The van der Waals surface area contributed by atoms with Crippen LogP contribution in [0.15, 0.2) is 18.2 Å². The van der Waals surface area contributed by atoms with E-state index in [-0.39, 0.29) is 18.6 Å². The maximum absolute atomic E-state index is 11.7. The molecular weight excluding hydrogens is 334 g/mol. The summed E-state index contributed by atoms with van der Waals surface area (Å²) in [5, 5.41) is 3.12. The summed E-state index contributed by atoms with van der Waals surface area (Å²) in [6.45, 7) is 2.02. The average Bonchev–Trinajstić information content (AvgIpc) is 3.37. The summed E-state index contributed by atoms with van der Waals surface area (Å²) in [5.74, 6) is 0.0364. The minimum absolute atomic E-state index is 0.241. The minimum Gasteiger partial charge on any atom is -0.493 e. The smallest absolute Gasteiger partial charge is 0.331 e. The van der Waals surface area contributed by atoms with Crippen molar-refractivity contribution in [2.24, 2.45) is 0 Å². The maximum Gasteiger partial charge on any atom is 0.331 e. The van der Waals surface area contributed by atoms with E-state index in [2.05, 4.69) is 5.32 Å². The highest BCUT2D eigenvalue weighted by Crippen LogP contribution is 2.36. The van der Waals surface area contributed by atoms with Gasteiger partial charge in [-0.2, -0.15) is 0 Å². The van der Waals surface area contributed by atoms with Gasteiger partial charge in [-0.1, -0.05) is 11.6 Å². The van der Waals surface area contributed by atoms with Gasteiger partial charge in [0.25, 0.3) is 5.91 Å². The molecule has 0 spiro atoms. The Bertz CT molecular complexity index is 640. The van der Waals surface area contributed by atoms with Gasteiger partial charge in [-0.15, -0.1) is 0 Å². The Morgan fingerprint density at radius 2 is 2.12 bits per heavy atom. The molecule has 1 saturated carbocycles. The molecule has 0 heterocycles. The first-order valence-corrected chi connectivity index (χ1v) is 8.05. The van der Waals surface area contributed by atoms with Crippen LogP contribution in [0, 0.1) is 0 Å². The second-order valence-corrected chi connectivity index (χ2v) is 5.66. The molecule has 1 amide bonds. The highest BCUT2D eigenvalue weighted by molar-refractivity contribution is 6.32. The zero-order chi connectivity index (χ0) is 17.5. The van der Waals surface area contributed by atoms with E-state index in [0.717, 1.165) is 12.8 Å². The number of hydrogen-bond donors (Lipinski definition) is 1. The summed E-state index contributed by atoms with van der Waals surface area (Å²) in [6.07, 6.45) is 4.74. The number of methoxy groups -OCH3 is 1. The molecule has 2 rings (SSSR count). The van der Waals surface area contributed by atoms with Gasteiger partial charge in [0.15, 0.2) is 18.1 Å². The SMILES string of the molecule is CCOc1c(Cl)cc(/C=C/C(=O)OCC(=O)NC2CC2)cc1OC. The molecule has 0 bridgehead atoms. The molecule has 1 aromatic rings. The van der Waals surface area contributed by atoms with Crippen LogP contribution in [0.3, 0.4) is 0 Å². The van der Waals surface area contributed by atoms with Crippen LogP contribution in [0.25, 0.3) is 6.08 Å². The molecular formula is C17H20ClNO5. The number of amides is 1. The molecule has 1 aliphatic carbocycles. The second kappa shape index (κ2) is 8.59. The summed E-state index contributed by atoms with van der Waals surface area (Å²) >= 11 is 6.16. The quantitative estimate of drug-likeness (QED) is 0.574. The van der Waals surface area contributed by atoms with Crippen molar-refractivity contribution in [2.45, 2.75) is 25.8 Å². The summed E-state index contributed by atoms with van der Waals surface area (Å²) in [4.78, 5) is 23.1. The first kappa shape index (κ1) is 18.1. The average molecular weight is 354 g/mol. The van der Waals surface area contributed by atoms with E-state index in [1.54, 1.807) is 12.1 Å². The van der Waals surface area contributed by atoms with Crippen molar-refractivity contribution in [3.05, 3.63) is 28.8 Å². The van der Waals surface area contributed by atoms with Crippen molar-refractivity contribution in [1.82, 2.24) is 5.32 Å². The topological polar surface area (TPSA) is 73.9 Å². The first-order chi connectivity index (χ1) is 11.5. The summed E-state index contributed by atoms with van der Waals surface area (Å²) < 4.78 is 15.5. The van der Waals surface area contributed by atoms with Crippen LogP contribution in [0.5, 0.6) is 11.5 Å². The normalized spacial score (nSPS) is 13.6. The largest absolute Gasteiger partial charge is 0.493 e. The molecule has 0 radical (unpaired) electrons. The molecule has 1 aromatic carbocycles. The van der Waals surface area contributed by atoms with E-state index in [1.165, 1.54) is 19.3 Å². The van der Waals surface area contributed by atoms with E-state index >= 15 is 0 Å². The van der Waals surface area contributed by atoms with Crippen LogP contribution < -0.4 is 14.8 Å². The van der Waals surface area contributed by atoms with E-state index in [0.29, 0.717) is 28.7 Å². The third-order valence-electron chi connectivity index (χ3n) is 3.24. The summed E-state index contributed by atoms with van der Waals surface area (Å²) in [7, 11) is 1.51. The van der Waals surface area contributed by atoms with Crippen LogP contribution in [-0.4, -0.2) is 38.2 Å². The third-order valence-corrected chi connectivity index (χ3v) is 3.52. The van der Waals surface area contributed by atoms with E-state index in [1.807, 2.05) is 6.92 Å². The molecule has 0 saturated heterocycles. The fourth-order valence-electron chi connectivity index (χ4n) is 1.97. The fourth-order valence-corrected chi connectivity index (χ4v) is 2.24. The van der Waals surface area contributed by atoms with Gasteiger partial charge in [0.2, 0.25) is 0 Å². The van der Waals surface area contributed by atoms with Crippen molar-refractivity contribution < 1.29 is 23.8 Å². The molecule has 0 unspecified atom stereocenters. The van der Waals surface area contributed by atoms with Gasteiger partial charge < -0.3 is 19.5 Å². The molecule has 1 N–H and O–H groups in total. The van der Waals surface area contributed by atoms with Crippen LogP contribution in [0.2, 0.25) is 5.02 Å². The minimum atomic E-state index is -0.607. The van der Waals surface area contributed by atoms with E-state index in [9.17, 15) is 9.59 Å². The van der Waals surface area contributed by atoms with Crippen molar-refractivity contribution in [2.75, 3.05) is 20.3 Å². The predicted molar refractivity (Wildman–Crippen MR) is 90.3 cm³/mol. The zero-order valence-electron chi connectivity index (χ0n) is 13.6. The summed E-state index contributed by atoms with van der Waals surface area (Å²) in [6, 6.07) is 3.59. The Kier molecular flexibility index (Phi) is 6.49. The Labute approximate surface area is 145 Å². The Morgan fingerprint density at radius 3 is 2.75 bits per heavy atom. The highest BCUT2D eigenvalue weighted by atomic mass is 35.5. The fraction of sp³-hybridized carbons (Fsp3) is 0.412. The number of hydrogen-bond acceptors (Lipinski definition) is 5. The summed E-state index contributed by atoms with van der Waals surface area (Å²) in [5.41, 5.74) is 0.652. The molecule has 0 atom stereocenters. The number of rotatable bonds is 8. The molecule has 130 valence electrons. The standard InChI is InChI=1S/C17H20ClNO5/c1-3-23-17-13(18)8-11(9-14(17)22-2)4-7-16(21)24-10-15(20)19-12-5-6-12/h4,7-9,12H,3,5-6,10H2,1-2H3,(H,19,20)/b7-4+. The molecule has 24 heavy (non-hydrogen) atoms. The molecule has 0 aromatic heterocycles. The molecule has 0 aliphatic heterocycles. The first-order valence-electron chi connectivity index (χ1n) is 7.68. The number of benzene rings is 1. The zero-order valence-corrected chi connectivity index (χ0v) is 14.4. The molecule has 6 nitrogen and oxygen atoms in total. The number of ether oxygens (including phenoxy) is 3. The van der Waals surface area contributed by atoms with Gasteiger partial charge in [0, 0.05) is 12.1 Å². The second-order valence-electron chi connectivity index (χ2n) is 5.25. The number of esters is 1. The lowest BCUT2D eigenvalue weighted by Crippen LogP contribution is -2.30. The molecule has 1 fully saturated rings. The maximum atomic E-state index is 11.7. The van der Waals surface area contributed by atoms with Crippen molar-refractivity contribution >= 4 is 29.6 Å². The Morgan fingerprint density at radius 1 is 1.38 bits per heavy atom. The Hall–Kier alpha value is -2.21. The van der Waals surface area contributed by atoms with Crippen LogP contribution in [-0.2, 0) is 14.3 Å². The van der Waals surface area contributed by atoms with Gasteiger partial charge in [-0.3, -0.25) is 4.79 Å². The van der Waals surface area contributed by atoms with Gasteiger partial charge in [-0.25, -0.2) is 4.79 Å². The van der Waals surface area contributed by atoms with Gasteiger partial charge >= 0.3 is 5.97 Å². The van der Waals surface area contributed by atoms with Crippen molar-refractivity contribution in [3.63, 3.8) is 0 Å². The van der Waals surface area contributed by atoms with Gasteiger partial charge in [0.05, 0.1) is 18.7 Å². The van der Waals surface area contributed by atoms with Gasteiger partial charge in [0.1, 0.15) is 0 Å². The molecule has 1 aliphatic rings. The van der Waals surface area contributed by atoms with Gasteiger partial charge in [-0.05, 0) is 43.5 Å². The van der Waals surface area contributed by atoms with Crippen LogP contribution in [0.4, 0.5) is 0 Å². The van der Waals surface area contributed by atoms with Crippen LogP contribution >= 0.6 is 11.6 Å². The van der Waals surface area contributed by atoms with E-state index in [4.69, 9.17) is 25.8 Å². The van der Waals surface area contributed by atoms with Crippen molar-refractivity contribution in [3.8, 4) is 11.5 Å². The molecule has 7 heteroatoms. The number of nitrogens with one attached hydrogen (secondary N) is 1. The monoisotopic (exact) mass is 353 g/mol. The number of halogens is 1. The number of carbonyl (C=O) groups is 2. The lowest BCUT2D eigenvalue weighted by Gasteiger charge is -2.11. The van der Waals surface area contributed by atoms with Crippen molar-refractivity contribution in [1.29, 1.82) is 0 Å². The van der Waals surface area contributed by atoms with Crippen LogP contribution in [0.1, 0.15) is 25.3 Å². The third kappa shape index (κ3) is 5.45. The Balaban J connectivity index is 1.93. The lowest BCUT2D eigenvalue weighted by molar-refractivity contribution is -0.143. The lowest BCUT2D eigenvalue weighted by atomic mass is 10.2.